The van der Waals surface area contributed by atoms with Gasteiger partial charge in [0.1, 0.15) is 5.75 Å². The summed E-state index contributed by atoms with van der Waals surface area (Å²) in [5.41, 5.74) is 1.31. The molecule has 6 nitrogen and oxygen atoms in total. The number of carbonyl (C=O) groups excluding carboxylic acids is 3. The number of amides is 3. The summed E-state index contributed by atoms with van der Waals surface area (Å²) >= 11 is 4.21. The molecule has 3 amide bonds. The molecule has 0 unspecified atom stereocenters. The first-order valence-electron chi connectivity index (χ1n) is 8.41. The fraction of sp³-hybridized carbons (Fsp3) is 0.150. The molecule has 1 heterocycles. The Balaban J connectivity index is 1.58. The molecule has 3 rings (SSSR count). The molecule has 0 saturated carbocycles. The minimum Gasteiger partial charge on any atom is -0.497 e. The molecule has 0 aromatic heterocycles. The molecular weight excluding hydrogens is 444 g/mol. The average molecular weight is 461 g/mol. The van der Waals surface area contributed by atoms with Gasteiger partial charge in [0.25, 0.3) is 17.1 Å². The van der Waals surface area contributed by atoms with Crippen LogP contribution >= 0.6 is 27.7 Å². The molecule has 1 saturated heterocycles. The van der Waals surface area contributed by atoms with Crippen LogP contribution < -0.4 is 10.1 Å². The maximum atomic E-state index is 12.5. The smallest absolute Gasteiger partial charge is 0.293 e. The van der Waals surface area contributed by atoms with Crippen LogP contribution in [0.4, 0.5) is 4.79 Å². The second-order valence-electron chi connectivity index (χ2n) is 5.87. The number of rotatable bonds is 6. The molecule has 0 atom stereocenters. The predicted octanol–water partition coefficient (Wildman–Crippen LogP) is 3.92. The van der Waals surface area contributed by atoms with Gasteiger partial charge in [0, 0.05) is 23.1 Å². The zero-order chi connectivity index (χ0) is 20.1. The van der Waals surface area contributed by atoms with Crippen molar-refractivity contribution in [3.63, 3.8) is 0 Å². The van der Waals surface area contributed by atoms with Crippen LogP contribution in [0.1, 0.15) is 15.9 Å². The largest absolute Gasteiger partial charge is 0.497 e. The average Bonchev–Trinajstić information content (AvgIpc) is 2.96. The fourth-order valence-corrected chi connectivity index (χ4v) is 3.66. The molecule has 1 aliphatic rings. The van der Waals surface area contributed by atoms with E-state index in [1.165, 1.54) is 0 Å². The first kappa shape index (κ1) is 20.2. The van der Waals surface area contributed by atoms with Crippen LogP contribution in [0.5, 0.6) is 5.75 Å². The third-order valence-corrected chi connectivity index (χ3v) is 5.45. The number of hydrogen-bond donors (Lipinski definition) is 1. The third kappa shape index (κ3) is 4.82. The van der Waals surface area contributed by atoms with E-state index >= 15 is 0 Å². The molecule has 2 aromatic rings. The van der Waals surface area contributed by atoms with E-state index < -0.39 is 0 Å². The summed E-state index contributed by atoms with van der Waals surface area (Å²) in [7, 11) is 1.58. The van der Waals surface area contributed by atoms with Crippen molar-refractivity contribution in [3.05, 3.63) is 69.0 Å². The standard InChI is InChI=1S/C20H17BrN2O4S/c1-27-16-8-2-13(3-9-16)12-17-19(25)23(20(26)28-17)11-10-22-18(24)14-4-6-15(21)7-5-14/h2-9,12H,10-11H2,1H3,(H,22,24). The number of nitrogens with zero attached hydrogens (tertiary/aromatic N) is 1. The van der Waals surface area contributed by atoms with Gasteiger partial charge in [-0.2, -0.15) is 0 Å². The van der Waals surface area contributed by atoms with Crippen LogP contribution in [0.2, 0.25) is 0 Å². The van der Waals surface area contributed by atoms with Gasteiger partial charge in [-0.25, -0.2) is 0 Å². The molecule has 1 N–H and O–H groups in total. The zero-order valence-electron chi connectivity index (χ0n) is 15.0. The topological polar surface area (TPSA) is 75.7 Å². The van der Waals surface area contributed by atoms with Gasteiger partial charge < -0.3 is 10.1 Å². The Hall–Kier alpha value is -2.58. The summed E-state index contributed by atoms with van der Waals surface area (Å²) in [6, 6.07) is 14.1. The monoisotopic (exact) mass is 460 g/mol. The highest BCUT2D eigenvalue weighted by molar-refractivity contribution is 9.10. The Morgan fingerprint density at radius 3 is 2.46 bits per heavy atom. The highest BCUT2D eigenvalue weighted by Crippen LogP contribution is 2.32. The van der Waals surface area contributed by atoms with E-state index in [4.69, 9.17) is 4.74 Å². The van der Waals surface area contributed by atoms with E-state index in [2.05, 4.69) is 21.2 Å². The van der Waals surface area contributed by atoms with Gasteiger partial charge in [-0.1, -0.05) is 28.1 Å². The highest BCUT2D eigenvalue weighted by atomic mass is 79.9. The maximum Gasteiger partial charge on any atom is 0.293 e. The van der Waals surface area contributed by atoms with Crippen LogP contribution in [0.3, 0.4) is 0 Å². The number of imide groups is 1. The molecule has 0 spiro atoms. The fourth-order valence-electron chi connectivity index (χ4n) is 2.53. The predicted molar refractivity (Wildman–Crippen MR) is 112 cm³/mol. The van der Waals surface area contributed by atoms with Crippen molar-refractivity contribution in [1.82, 2.24) is 10.2 Å². The van der Waals surface area contributed by atoms with Crippen molar-refractivity contribution in [2.45, 2.75) is 0 Å². The summed E-state index contributed by atoms with van der Waals surface area (Å²) in [5, 5.41) is 2.38. The number of thioether (sulfide) groups is 1. The van der Waals surface area contributed by atoms with E-state index in [0.29, 0.717) is 16.2 Å². The highest BCUT2D eigenvalue weighted by Gasteiger charge is 2.34. The van der Waals surface area contributed by atoms with Crippen molar-refractivity contribution >= 4 is 50.8 Å². The Bertz CT molecular complexity index is 926. The summed E-state index contributed by atoms with van der Waals surface area (Å²) in [6.07, 6.45) is 1.67. The van der Waals surface area contributed by atoms with Crippen molar-refractivity contribution in [1.29, 1.82) is 0 Å². The minimum absolute atomic E-state index is 0.118. The van der Waals surface area contributed by atoms with Gasteiger partial charge in [0.2, 0.25) is 0 Å². The van der Waals surface area contributed by atoms with Crippen LogP contribution in [0, 0.1) is 0 Å². The molecule has 0 aliphatic carbocycles. The summed E-state index contributed by atoms with van der Waals surface area (Å²) in [4.78, 5) is 38.3. The number of benzene rings is 2. The molecular formula is C20H17BrN2O4S. The maximum absolute atomic E-state index is 12.5. The normalized spacial score (nSPS) is 15.2. The quantitative estimate of drug-likeness (QED) is 0.660. The molecule has 1 fully saturated rings. The van der Waals surface area contributed by atoms with Crippen molar-refractivity contribution < 1.29 is 19.1 Å². The van der Waals surface area contributed by atoms with Crippen LogP contribution in [0.15, 0.2) is 57.9 Å². The number of halogens is 1. The molecule has 0 radical (unpaired) electrons. The molecule has 28 heavy (non-hydrogen) atoms. The van der Waals surface area contributed by atoms with Gasteiger partial charge in [0.05, 0.1) is 12.0 Å². The van der Waals surface area contributed by atoms with E-state index in [1.54, 1.807) is 49.6 Å². The van der Waals surface area contributed by atoms with E-state index in [0.717, 1.165) is 26.7 Å². The first-order chi connectivity index (χ1) is 13.5. The Kier molecular flexibility index (Phi) is 6.53. The lowest BCUT2D eigenvalue weighted by molar-refractivity contribution is -0.122. The lowest BCUT2D eigenvalue weighted by atomic mass is 10.2. The minimum atomic E-state index is -0.358. The number of methoxy groups -OCH3 is 1. The van der Waals surface area contributed by atoms with E-state index in [9.17, 15) is 14.4 Å². The van der Waals surface area contributed by atoms with Gasteiger partial charge in [-0.15, -0.1) is 0 Å². The summed E-state index contributed by atoms with van der Waals surface area (Å²) in [6.45, 7) is 0.301. The first-order valence-corrected chi connectivity index (χ1v) is 10.0. The number of ether oxygens (including phenoxy) is 1. The molecule has 2 aromatic carbocycles. The summed E-state index contributed by atoms with van der Waals surface area (Å²) in [5.74, 6) is 0.101. The lowest BCUT2D eigenvalue weighted by Gasteiger charge is -2.13. The van der Waals surface area contributed by atoms with Gasteiger partial charge in [-0.3, -0.25) is 19.3 Å². The Morgan fingerprint density at radius 2 is 1.82 bits per heavy atom. The summed E-state index contributed by atoms with van der Waals surface area (Å²) < 4.78 is 5.98. The molecule has 8 heteroatoms. The van der Waals surface area contributed by atoms with E-state index in [1.807, 2.05) is 12.1 Å². The lowest BCUT2D eigenvalue weighted by Crippen LogP contribution is -2.37. The SMILES string of the molecule is COc1ccc(C=C2SC(=O)N(CCNC(=O)c3ccc(Br)cc3)C2=O)cc1. The molecule has 144 valence electrons. The second-order valence-corrected chi connectivity index (χ2v) is 7.78. The second kappa shape index (κ2) is 9.07. The Labute approximate surface area is 175 Å². The van der Waals surface area contributed by atoms with Crippen molar-refractivity contribution in [3.8, 4) is 5.75 Å². The number of hydrogen-bond acceptors (Lipinski definition) is 5. The van der Waals surface area contributed by atoms with E-state index in [-0.39, 0.29) is 30.1 Å². The van der Waals surface area contributed by atoms with Crippen LogP contribution in [-0.4, -0.2) is 42.2 Å². The Morgan fingerprint density at radius 1 is 1.14 bits per heavy atom. The number of carbonyl (C=O) groups is 3. The zero-order valence-corrected chi connectivity index (χ0v) is 17.4. The van der Waals surface area contributed by atoms with Crippen molar-refractivity contribution in [2.24, 2.45) is 0 Å². The van der Waals surface area contributed by atoms with Crippen LogP contribution in [-0.2, 0) is 4.79 Å². The molecule has 0 bridgehead atoms. The van der Waals surface area contributed by atoms with Crippen LogP contribution in [0.25, 0.3) is 6.08 Å². The van der Waals surface area contributed by atoms with Crippen molar-refractivity contribution in [2.75, 3.05) is 20.2 Å². The van der Waals surface area contributed by atoms with Gasteiger partial charge >= 0.3 is 0 Å². The molecule has 1 aliphatic heterocycles. The number of nitrogens with one attached hydrogen (secondary N) is 1. The third-order valence-electron chi connectivity index (χ3n) is 4.01. The van der Waals surface area contributed by atoms with Gasteiger partial charge in [0.15, 0.2) is 0 Å². The van der Waals surface area contributed by atoms with Gasteiger partial charge in [-0.05, 0) is 59.8 Å².